The van der Waals surface area contributed by atoms with Gasteiger partial charge in [-0.3, -0.25) is 4.79 Å². The van der Waals surface area contributed by atoms with E-state index in [1.165, 1.54) is 25.7 Å². The molecule has 1 aromatic carbocycles. The summed E-state index contributed by atoms with van der Waals surface area (Å²) in [4.78, 5) is 18.0. The van der Waals surface area contributed by atoms with Gasteiger partial charge in [0, 0.05) is 18.5 Å². The molecule has 0 unspecified atom stereocenters. The Balaban J connectivity index is 1.44. The minimum absolute atomic E-state index is 0.0660. The molecule has 4 rings (SSSR count). The molecule has 1 saturated carbocycles. The molecule has 3 fully saturated rings. The largest absolute Gasteiger partial charge is 0.394 e. The lowest BCUT2D eigenvalue weighted by Crippen LogP contribution is -2.52. The van der Waals surface area contributed by atoms with Crippen LogP contribution in [0.2, 0.25) is 0 Å². The van der Waals surface area contributed by atoms with Crippen LogP contribution < -0.4 is 0 Å². The van der Waals surface area contributed by atoms with Gasteiger partial charge >= 0.3 is 0 Å². The smallest absolute Gasteiger partial charge is 0.226 e. The molecule has 1 aromatic rings. The van der Waals surface area contributed by atoms with Crippen LogP contribution in [-0.2, 0) is 9.53 Å². The van der Waals surface area contributed by atoms with E-state index < -0.39 is 0 Å². The zero-order chi connectivity index (χ0) is 18.6. The maximum absolute atomic E-state index is 13.4. The first kappa shape index (κ1) is 18.9. The van der Waals surface area contributed by atoms with Crippen LogP contribution in [0, 0.1) is 5.92 Å². The maximum Gasteiger partial charge on any atom is 0.226 e. The highest BCUT2D eigenvalue weighted by atomic mass is 16.5. The minimum atomic E-state index is -0.344. The molecule has 0 radical (unpaired) electrons. The summed E-state index contributed by atoms with van der Waals surface area (Å²) in [6.07, 6.45) is 6.95. The topological polar surface area (TPSA) is 53.0 Å². The number of ether oxygens (including phenoxy) is 1. The number of likely N-dealkylation sites (tertiary alicyclic amines) is 1. The normalized spacial score (nSPS) is 28.6. The molecule has 0 spiro atoms. The number of nitrogens with zero attached hydrogens (tertiary/aromatic N) is 2. The molecule has 3 aliphatic rings. The van der Waals surface area contributed by atoms with Crippen LogP contribution in [0.3, 0.4) is 0 Å². The summed E-state index contributed by atoms with van der Waals surface area (Å²) in [6.45, 7) is 3.14. The highest BCUT2D eigenvalue weighted by Gasteiger charge is 2.39. The number of amides is 1. The first-order valence-electron chi connectivity index (χ1n) is 10.6. The molecule has 2 heterocycles. The van der Waals surface area contributed by atoms with E-state index in [1.807, 2.05) is 35.2 Å². The number of carbonyl (C=O) groups is 1. The van der Waals surface area contributed by atoms with Gasteiger partial charge in [0.25, 0.3) is 0 Å². The Labute approximate surface area is 162 Å². The van der Waals surface area contributed by atoms with Crippen molar-refractivity contribution in [1.82, 2.24) is 9.80 Å². The Morgan fingerprint density at radius 3 is 2.41 bits per heavy atom. The van der Waals surface area contributed by atoms with E-state index in [2.05, 4.69) is 4.90 Å². The van der Waals surface area contributed by atoms with Crippen molar-refractivity contribution in [3.63, 3.8) is 0 Å². The van der Waals surface area contributed by atoms with E-state index in [0.717, 1.165) is 37.5 Å². The molecule has 0 aromatic heterocycles. The summed E-state index contributed by atoms with van der Waals surface area (Å²) in [5, 5.41) is 9.82. The molecule has 5 nitrogen and oxygen atoms in total. The molecule has 5 heteroatoms. The molecule has 2 aliphatic heterocycles. The highest BCUT2D eigenvalue weighted by molar-refractivity contribution is 5.79. The Hall–Kier alpha value is -1.43. The number of rotatable bonds is 4. The van der Waals surface area contributed by atoms with Gasteiger partial charge in [-0.25, -0.2) is 0 Å². The third kappa shape index (κ3) is 4.05. The molecule has 2 saturated heterocycles. The Morgan fingerprint density at radius 2 is 1.74 bits per heavy atom. The van der Waals surface area contributed by atoms with Gasteiger partial charge in [-0.1, -0.05) is 43.2 Å². The van der Waals surface area contributed by atoms with Gasteiger partial charge in [0.15, 0.2) is 0 Å². The van der Waals surface area contributed by atoms with Gasteiger partial charge < -0.3 is 19.6 Å². The molecule has 0 bridgehead atoms. The summed E-state index contributed by atoms with van der Waals surface area (Å²) < 4.78 is 5.79. The summed E-state index contributed by atoms with van der Waals surface area (Å²) in [5.74, 6) is 0.350. The van der Waals surface area contributed by atoms with Crippen molar-refractivity contribution in [2.75, 3.05) is 32.8 Å². The van der Waals surface area contributed by atoms with Crippen molar-refractivity contribution in [1.29, 1.82) is 0 Å². The molecule has 1 amide bonds. The van der Waals surface area contributed by atoms with Crippen molar-refractivity contribution < 1.29 is 14.6 Å². The van der Waals surface area contributed by atoms with Gasteiger partial charge in [0.1, 0.15) is 6.10 Å². The van der Waals surface area contributed by atoms with Crippen LogP contribution in [0.1, 0.15) is 50.1 Å². The summed E-state index contributed by atoms with van der Waals surface area (Å²) in [5.41, 5.74) is 1.05. The van der Waals surface area contributed by atoms with Crippen LogP contribution in [0.15, 0.2) is 30.3 Å². The number of benzene rings is 1. The van der Waals surface area contributed by atoms with E-state index in [1.54, 1.807) is 0 Å². The average molecular weight is 373 g/mol. The van der Waals surface area contributed by atoms with E-state index in [9.17, 15) is 9.90 Å². The van der Waals surface area contributed by atoms with Gasteiger partial charge in [0.2, 0.25) is 5.91 Å². The number of morpholine rings is 1. The second-order valence-electron chi connectivity index (χ2n) is 8.23. The third-order valence-corrected chi connectivity index (χ3v) is 6.68. The molecule has 27 heavy (non-hydrogen) atoms. The third-order valence-electron chi connectivity index (χ3n) is 6.68. The van der Waals surface area contributed by atoms with Crippen molar-refractivity contribution in [3.05, 3.63) is 35.9 Å². The van der Waals surface area contributed by atoms with Crippen molar-refractivity contribution in [2.24, 2.45) is 5.92 Å². The quantitative estimate of drug-likeness (QED) is 0.883. The van der Waals surface area contributed by atoms with Crippen LogP contribution in [0.5, 0.6) is 0 Å². The van der Waals surface area contributed by atoms with Gasteiger partial charge in [-0.2, -0.15) is 0 Å². The fourth-order valence-electron chi connectivity index (χ4n) is 5.19. The molecule has 1 aliphatic carbocycles. The second kappa shape index (κ2) is 8.72. The lowest BCUT2D eigenvalue weighted by Gasteiger charge is -2.44. The first-order chi connectivity index (χ1) is 13.3. The summed E-state index contributed by atoms with van der Waals surface area (Å²) in [7, 11) is 0. The van der Waals surface area contributed by atoms with Crippen molar-refractivity contribution >= 4 is 5.91 Å². The van der Waals surface area contributed by atoms with Gasteiger partial charge in [-0.05, 0) is 44.3 Å². The Morgan fingerprint density at radius 1 is 1.04 bits per heavy atom. The first-order valence-corrected chi connectivity index (χ1v) is 10.6. The van der Waals surface area contributed by atoms with Gasteiger partial charge in [-0.15, -0.1) is 0 Å². The predicted octanol–water partition coefficient (Wildman–Crippen LogP) is 2.60. The molecule has 2 atom stereocenters. The number of carbonyl (C=O) groups excluding carboxylic acids is 1. The van der Waals surface area contributed by atoms with Gasteiger partial charge in [0.05, 0.1) is 19.3 Å². The number of hydrogen-bond donors (Lipinski definition) is 1. The monoisotopic (exact) mass is 372 g/mol. The molecule has 148 valence electrons. The predicted molar refractivity (Wildman–Crippen MR) is 104 cm³/mol. The maximum atomic E-state index is 13.4. The van der Waals surface area contributed by atoms with Crippen molar-refractivity contribution in [3.8, 4) is 0 Å². The van der Waals surface area contributed by atoms with Crippen LogP contribution >= 0.6 is 0 Å². The Kier molecular flexibility index (Phi) is 6.11. The fourth-order valence-corrected chi connectivity index (χ4v) is 5.19. The zero-order valence-electron chi connectivity index (χ0n) is 16.1. The minimum Gasteiger partial charge on any atom is -0.394 e. The van der Waals surface area contributed by atoms with Crippen LogP contribution in [0.4, 0.5) is 0 Å². The van der Waals surface area contributed by atoms with Crippen molar-refractivity contribution in [2.45, 2.75) is 56.7 Å². The number of piperidine rings is 1. The van der Waals surface area contributed by atoms with E-state index in [-0.39, 0.29) is 30.6 Å². The zero-order valence-corrected chi connectivity index (χ0v) is 16.1. The summed E-state index contributed by atoms with van der Waals surface area (Å²) >= 11 is 0. The number of hydrogen-bond acceptors (Lipinski definition) is 4. The lowest BCUT2D eigenvalue weighted by molar-refractivity contribution is -0.155. The van der Waals surface area contributed by atoms with E-state index in [4.69, 9.17) is 4.74 Å². The van der Waals surface area contributed by atoms with Crippen LogP contribution in [-0.4, -0.2) is 65.8 Å². The number of aliphatic hydroxyl groups excluding tert-OH is 1. The summed E-state index contributed by atoms with van der Waals surface area (Å²) in [6, 6.07) is 10.6. The molecule has 1 N–H and O–H groups in total. The fraction of sp³-hybridized carbons (Fsp3) is 0.682. The SMILES string of the molecule is O=C(C1CCN(C2CCCC2)CC1)N1CCO[C@H](CO)[C@H]1c1ccccc1. The highest BCUT2D eigenvalue weighted by Crippen LogP contribution is 2.34. The molecular formula is C22H32N2O3. The lowest BCUT2D eigenvalue weighted by atomic mass is 9.91. The average Bonchev–Trinajstić information content (AvgIpc) is 3.28. The van der Waals surface area contributed by atoms with E-state index >= 15 is 0 Å². The number of aliphatic hydroxyl groups is 1. The second-order valence-corrected chi connectivity index (χ2v) is 8.23. The van der Waals surface area contributed by atoms with E-state index in [0.29, 0.717) is 13.2 Å². The standard InChI is InChI=1S/C22H32N2O3/c25-16-20-21(17-6-2-1-3-7-17)24(14-15-27-20)22(26)18-10-12-23(13-11-18)19-8-4-5-9-19/h1-3,6-7,18-21,25H,4-5,8-16H2/t20-,21-/m1/s1. The molecular weight excluding hydrogens is 340 g/mol. The van der Waals surface area contributed by atoms with Crippen LogP contribution in [0.25, 0.3) is 0 Å². The Bertz CT molecular complexity index is 609.